The standard InChI is InChI=1S/C27H30N4O3/c32-25(19-8-4-3-5-9-19)28-21-13-16-30(17-14-21)26(33)20-11-12-22-23(18-20)29-24-10-6-1-2-7-15-31(24)27(22)34/h3-5,8-9,11-12,18,21H,1-2,6-7,10,13-17H2,(H,28,32). The van der Waals surface area contributed by atoms with Crippen LogP contribution in [0.4, 0.5) is 0 Å². The number of piperidine rings is 1. The van der Waals surface area contributed by atoms with Crippen LogP contribution in [-0.2, 0) is 13.0 Å². The monoisotopic (exact) mass is 458 g/mol. The summed E-state index contributed by atoms with van der Waals surface area (Å²) in [5, 5.41) is 3.65. The lowest BCUT2D eigenvalue weighted by Crippen LogP contribution is -2.46. The third-order valence-electron chi connectivity index (χ3n) is 6.97. The molecule has 1 N–H and O–H groups in total. The molecule has 0 atom stereocenters. The fourth-order valence-corrected chi connectivity index (χ4v) is 5.00. The molecule has 3 aromatic rings. The van der Waals surface area contributed by atoms with E-state index in [-0.39, 0.29) is 23.4 Å². The van der Waals surface area contributed by atoms with Gasteiger partial charge in [-0.25, -0.2) is 4.98 Å². The minimum atomic E-state index is -0.0768. The molecular weight excluding hydrogens is 428 g/mol. The van der Waals surface area contributed by atoms with Gasteiger partial charge in [-0.15, -0.1) is 0 Å². The first kappa shape index (κ1) is 22.3. The van der Waals surface area contributed by atoms with Gasteiger partial charge in [-0.3, -0.25) is 19.0 Å². The first-order valence-corrected chi connectivity index (χ1v) is 12.3. The number of fused-ring (bicyclic) bond motifs is 2. The van der Waals surface area contributed by atoms with E-state index in [1.807, 2.05) is 27.7 Å². The highest BCUT2D eigenvalue weighted by atomic mass is 16.2. The number of carbonyl (C=O) groups excluding carboxylic acids is 2. The number of aromatic nitrogens is 2. The molecular formula is C27H30N4O3. The van der Waals surface area contributed by atoms with Crippen LogP contribution in [0.15, 0.2) is 53.3 Å². The van der Waals surface area contributed by atoms with Crippen LogP contribution < -0.4 is 10.9 Å². The van der Waals surface area contributed by atoms with Crippen molar-refractivity contribution in [1.82, 2.24) is 19.8 Å². The van der Waals surface area contributed by atoms with E-state index in [1.165, 1.54) is 0 Å². The summed E-state index contributed by atoms with van der Waals surface area (Å²) in [7, 11) is 0. The minimum absolute atomic E-state index is 0.00382. The van der Waals surface area contributed by atoms with Crippen LogP contribution in [0.25, 0.3) is 10.9 Å². The number of likely N-dealkylation sites (tertiary alicyclic amines) is 1. The van der Waals surface area contributed by atoms with Gasteiger partial charge in [0.2, 0.25) is 0 Å². The summed E-state index contributed by atoms with van der Waals surface area (Å²) < 4.78 is 1.82. The minimum Gasteiger partial charge on any atom is -0.349 e. The molecule has 2 aliphatic heterocycles. The molecule has 7 heteroatoms. The van der Waals surface area contributed by atoms with Crippen molar-refractivity contribution in [2.24, 2.45) is 0 Å². The molecule has 0 saturated carbocycles. The number of aryl methyl sites for hydroxylation is 1. The topological polar surface area (TPSA) is 84.3 Å². The Balaban J connectivity index is 1.28. The lowest BCUT2D eigenvalue weighted by Gasteiger charge is -2.32. The molecule has 0 aliphatic carbocycles. The smallest absolute Gasteiger partial charge is 0.261 e. The first-order valence-electron chi connectivity index (χ1n) is 12.3. The molecule has 0 unspecified atom stereocenters. The summed E-state index contributed by atoms with van der Waals surface area (Å²) in [5.74, 6) is 0.701. The van der Waals surface area contributed by atoms with Gasteiger partial charge in [0.25, 0.3) is 17.4 Å². The van der Waals surface area contributed by atoms with E-state index in [1.54, 1.807) is 30.3 Å². The van der Waals surface area contributed by atoms with Crippen LogP contribution in [0.1, 0.15) is 65.1 Å². The molecule has 176 valence electrons. The van der Waals surface area contributed by atoms with E-state index in [0.717, 1.165) is 37.9 Å². The number of nitrogens with one attached hydrogen (secondary N) is 1. The maximum Gasteiger partial charge on any atom is 0.261 e. The van der Waals surface area contributed by atoms with E-state index in [9.17, 15) is 14.4 Å². The lowest BCUT2D eigenvalue weighted by molar-refractivity contribution is 0.0698. The van der Waals surface area contributed by atoms with Gasteiger partial charge in [-0.05, 0) is 56.0 Å². The SMILES string of the molecule is O=C(NC1CCN(C(=O)c2ccc3c(=O)n4c(nc3c2)CCCCCC4)CC1)c1ccccc1. The zero-order valence-corrected chi connectivity index (χ0v) is 19.3. The second kappa shape index (κ2) is 9.79. The van der Waals surface area contributed by atoms with E-state index in [2.05, 4.69) is 5.32 Å². The fraction of sp³-hybridized carbons (Fsp3) is 0.407. The highest BCUT2D eigenvalue weighted by Crippen LogP contribution is 2.19. The normalized spacial score (nSPS) is 17.0. The van der Waals surface area contributed by atoms with Gasteiger partial charge >= 0.3 is 0 Å². The third kappa shape index (κ3) is 4.60. The number of amides is 2. The molecule has 3 heterocycles. The van der Waals surface area contributed by atoms with Crippen LogP contribution in [0.2, 0.25) is 0 Å². The number of nitrogens with zero attached hydrogens (tertiary/aromatic N) is 3. The summed E-state index contributed by atoms with van der Waals surface area (Å²) in [6, 6.07) is 14.5. The number of benzene rings is 2. The summed E-state index contributed by atoms with van der Waals surface area (Å²) in [5.41, 5.74) is 1.81. The Kier molecular flexibility index (Phi) is 6.43. The Hall–Kier alpha value is -3.48. The van der Waals surface area contributed by atoms with Crippen LogP contribution in [0.5, 0.6) is 0 Å². The van der Waals surface area contributed by atoms with Gasteiger partial charge in [0.05, 0.1) is 10.9 Å². The predicted molar refractivity (Wildman–Crippen MR) is 131 cm³/mol. The Bertz CT molecular complexity index is 1260. The van der Waals surface area contributed by atoms with Crippen molar-refractivity contribution in [3.05, 3.63) is 75.8 Å². The molecule has 5 rings (SSSR count). The number of rotatable bonds is 3. The van der Waals surface area contributed by atoms with E-state index in [4.69, 9.17) is 4.98 Å². The summed E-state index contributed by atoms with van der Waals surface area (Å²) in [6.45, 7) is 1.88. The van der Waals surface area contributed by atoms with Crippen LogP contribution in [0, 0.1) is 0 Å². The van der Waals surface area contributed by atoms with Gasteiger partial charge in [0.1, 0.15) is 5.82 Å². The second-order valence-corrected chi connectivity index (χ2v) is 9.29. The zero-order chi connectivity index (χ0) is 23.5. The molecule has 7 nitrogen and oxygen atoms in total. The summed E-state index contributed by atoms with van der Waals surface area (Å²) in [4.78, 5) is 45.3. The summed E-state index contributed by atoms with van der Waals surface area (Å²) >= 11 is 0. The van der Waals surface area contributed by atoms with Crippen molar-refractivity contribution in [3.8, 4) is 0 Å². The molecule has 1 aromatic heterocycles. The highest BCUT2D eigenvalue weighted by Gasteiger charge is 2.25. The number of hydrogen-bond acceptors (Lipinski definition) is 4. The van der Waals surface area contributed by atoms with Gasteiger partial charge in [-0.2, -0.15) is 0 Å². The Labute approximate surface area is 198 Å². The maximum absolute atomic E-state index is 13.2. The number of carbonyl (C=O) groups is 2. The number of hydrogen-bond donors (Lipinski definition) is 1. The Morgan fingerprint density at radius 3 is 2.44 bits per heavy atom. The second-order valence-electron chi connectivity index (χ2n) is 9.29. The average Bonchev–Trinajstić information content (AvgIpc) is 2.85. The quantitative estimate of drug-likeness (QED) is 0.651. The van der Waals surface area contributed by atoms with Gasteiger partial charge in [0, 0.05) is 43.2 Å². The molecule has 2 aromatic carbocycles. The molecule has 1 saturated heterocycles. The average molecular weight is 459 g/mol. The largest absolute Gasteiger partial charge is 0.349 e. The Morgan fingerprint density at radius 1 is 0.882 bits per heavy atom. The molecule has 2 amide bonds. The molecule has 0 spiro atoms. The molecule has 0 bridgehead atoms. The Morgan fingerprint density at radius 2 is 1.65 bits per heavy atom. The van der Waals surface area contributed by atoms with Crippen molar-refractivity contribution < 1.29 is 9.59 Å². The van der Waals surface area contributed by atoms with Gasteiger partial charge in [-0.1, -0.05) is 31.0 Å². The van der Waals surface area contributed by atoms with Crippen molar-refractivity contribution in [2.45, 2.75) is 57.5 Å². The van der Waals surface area contributed by atoms with Crippen molar-refractivity contribution in [2.75, 3.05) is 13.1 Å². The van der Waals surface area contributed by atoms with Crippen molar-refractivity contribution in [1.29, 1.82) is 0 Å². The van der Waals surface area contributed by atoms with Gasteiger partial charge in [0.15, 0.2) is 0 Å². The van der Waals surface area contributed by atoms with Crippen LogP contribution >= 0.6 is 0 Å². The fourth-order valence-electron chi connectivity index (χ4n) is 5.00. The molecule has 0 radical (unpaired) electrons. The molecule has 1 fully saturated rings. The summed E-state index contributed by atoms with van der Waals surface area (Å²) in [6.07, 6.45) is 6.56. The highest BCUT2D eigenvalue weighted by molar-refractivity contribution is 5.98. The first-order chi connectivity index (χ1) is 16.6. The zero-order valence-electron chi connectivity index (χ0n) is 19.3. The van der Waals surface area contributed by atoms with Crippen molar-refractivity contribution in [3.63, 3.8) is 0 Å². The van der Waals surface area contributed by atoms with Crippen molar-refractivity contribution >= 4 is 22.7 Å². The molecule has 2 aliphatic rings. The maximum atomic E-state index is 13.2. The predicted octanol–water partition coefficient (Wildman–Crippen LogP) is 3.55. The van der Waals surface area contributed by atoms with E-state index < -0.39 is 0 Å². The third-order valence-corrected chi connectivity index (χ3v) is 6.97. The van der Waals surface area contributed by atoms with Crippen LogP contribution in [-0.4, -0.2) is 45.4 Å². The van der Waals surface area contributed by atoms with Crippen LogP contribution in [0.3, 0.4) is 0 Å². The van der Waals surface area contributed by atoms with E-state index in [0.29, 0.717) is 54.5 Å². The lowest BCUT2D eigenvalue weighted by atomic mass is 10.0. The van der Waals surface area contributed by atoms with E-state index >= 15 is 0 Å². The molecule has 34 heavy (non-hydrogen) atoms. The van der Waals surface area contributed by atoms with Gasteiger partial charge < -0.3 is 10.2 Å².